The summed E-state index contributed by atoms with van der Waals surface area (Å²) < 4.78 is 69.2. The molecule has 1 aromatic heterocycles. The first-order chi connectivity index (χ1) is 9.91. The molecule has 0 radical (unpaired) electrons. The van der Waals surface area contributed by atoms with E-state index in [2.05, 4.69) is 0 Å². The number of rotatable bonds is 5. The molecule has 0 aromatic carbocycles. The summed E-state index contributed by atoms with van der Waals surface area (Å²) in [6, 6.07) is -1.25. The van der Waals surface area contributed by atoms with Crippen molar-refractivity contribution in [3.8, 4) is 0 Å². The van der Waals surface area contributed by atoms with Crippen LogP contribution in [0.4, 0.5) is 13.2 Å². The first-order valence-electron chi connectivity index (χ1n) is 6.34. The minimum absolute atomic E-state index is 0.0561. The summed E-state index contributed by atoms with van der Waals surface area (Å²) in [6.07, 6.45) is -4.71. The second-order valence-electron chi connectivity index (χ2n) is 4.64. The number of sulfonamides is 1. The van der Waals surface area contributed by atoms with Gasteiger partial charge in [0, 0.05) is 12.7 Å². The van der Waals surface area contributed by atoms with Crippen molar-refractivity contribution >= 4 is 16.0 Å². The summed E-state index contributed by atoms with van der Waals surface area (Å²) in [5.41, 5.74) is 0.0734. The van der Waals surface area contributed by atoms with Gasteiger partial charge in [-0.05, 0) is 26.8 Å². The monoisotopic (exact) mass is 342 g/mol. The van der Waals surface area contributed by atoms with E-state index in [1.54, 1.807) is 11.6 Å². The third kappa shape index (κ3) is 3.80. The Balaban J connectivity index is 3.22. The van der Waals surface area contributed by atoms with Crippen molar-refractivity contribution in [2.75, 3.05) is 6.61 Å². The van der Waals surface area contributed by atoms with Gasteiger partial charge in [0.15, 0.2) is 0 Å². The number of halogens is 3. The number of hydrogen-bond acceptors (Lipinski definition) is 4. The lowest BCUT2D eigenvalue weighted by molar-refractivity contribution is -0.147. The molecule has 0 bridgehead atoms. The molecule has 0 aliphatic heterocycles. The first kappa shape index (κ1) is 18.5. The Morgan fingerprint density at radius 1 is 1.45 bits per heavy atom. The van der Waals surface area contributed by atoms with Gasteiger partial charge in [0.2, 0.25) is 10.0 Å². The number of alkyl halides is 3. The van der Waals surface area contributed by atoms with Crippen LogP contribution in [0.1, 0.15) is 30.0 Å². The lowest BCUT2D eigenvalue weighted by atomic mass is 10.4. The molecule has 126 valence electrons. The van der Waals surface area contributed by atoms with E-state index < -0.39 is 33.1 Å². The van der Waals surface area contributed by atoms with E-state index in [0.717, 1.165) is 6.07 Å². The summed E-state index contributed by atoms with van der Waals surface area (Å²) in [7, 11) is -3.00. The van der Waals surface area contributed by atoms with E-state index in [1.807, 2.05) is 0 Å². The quantitative estimate of drug-likeness (QED) is 0.827. The zero-order valence-corrected chi connectivity index (χ0v) is 13.3. The number of ether oxygens (including phenoxy) is 1. The minimum atomic E-state index is -4.71. The molecule has 22 heavy (non-hydrogen) atoms. The Labute approximate surface area is 126 Å². The zero-order chi connectivity index (χ0) is 17.3. The Morgan fingerprint density at radius 3 is 2.45 bits per heavy atom. The summed E-state index contributed by atoms with van der Waals surface area (Å²) >= 11 is 0. The molecule has 1 heterocycles. The Bertz CT molecular complexity index is 665. The van der Waals surface area contributed by atoms with Crippen molar-refractivity contribution in [2.24, 2.45) is 7.05 Å². The van der Waals surface area contributed by atoms with Crippen molar-refractivity contribution < 1.29 is 31.1 Å². The molecule has 1 atom stereocenters. The summed E-state index contributed by atoms with van der Waals surface area (Å²) in [5, 5.41) is 0. The molecular formula is C12H17F3N2O4S. The van der Waals surface area contributed by atoms with Crippen molar-refractivity contribution in [1.29, 1.82) is 0 Å². The average molecular weight is 342 g/mol. The van der Waals surface area contributed by atoms with Crippen LogP contribution in [0, 0.1) is 6.92 Å². The summed E-state index contributed by atoms with van der Waals surface area (Å²) in [4.78, 5) is 11.3. The molecule has 0 aliphatic rings. The third-order valence-corrected chi connectivity index (χ3v) is 4.74. The van der Waals surface area contributed by atoms with Gasteiger partial charge in [-0.2, -0.15) is 17.9 Å². The maximum atomic E-state index is 12.5. The fraction of sp³-hybridized carbons (Fsp3) is 0.583. The van der Waals surface area contributed by atoms with Gasteiger partial charge >= 0.3 is 12.1 Å². The highest BCUT2D eigenvalue weighted by Gasteiger charge is 2.39. The van der Waals surface area contributed by atoms with Crippen LogP contribution >= 0.6 is 0 Å². The maximum absolute atomic E-state index is 12.5. The van der Waals surface area contributed by atoms with E-state index in [1.165, 1.54) is 18.5 Å². The molecule has 0 fully saturated rings. The molecule has 6 nitrogen and oxygen atoms in total. The molecule has 1 aromatic rings. The van der Waals surface area contributed by atoms with Crippen LogP contribution in [-0.2, 0) is 21.8 Å². The summed E-state index contributed by atoms with van der Waals surface area (Å²) in [5.74, 6) is -0.751. The van der Waals surface area contributed by atoms with Crippen LogP contribution in [-0.4, -0.2) is 37.8 Å². The van der Waals surface area contributed by atoms with Gasteiger partial charge in [-0.25, -0.2) is 13.2 Å². The molecule has 0 amide bonds. The van der Waals surface area contributed by atoms with Crippen LogP contribution < -0.4 is 4.72 Å². The fourth-order valence-corrected chi connectivity index (χ4v) is 3.23. The van der Waals surface area contributed by atoms with Gasteiger partial charge < -0.3 is 9.30 Å². The Morgan fingerprint density at radius 2 is 2.00 bits per heavy atom. The van der Waals surface area contributed by atoms with Gasteiger partial charge in [-0.1, -0.05) is 0 Å². The van der Waals surface area contributed by atoms with Gasteiger partial charge in [0.25, 0.3) is 0 Å². The van der Waals surface area contributed by atoms with Gasteiger partial charge in [-0.15, -0.1) is 0 Å². The SMILES string of the molecule is CCOC(=O)c1cc(S(=O)(=O)N[C@H](C)C(F)(F)F)c(C)n1C. The highest BCUT2D eigenvalue weighted by Crippen LogP contribution is 2.24. The van der Waals surface area contributed by atoms with Crippen molar-refractivity contribution in [3.05, 3.63) is 17.5 Å². The number of hydrogen-bond donors (Lipinski definition) is 1. The molecule has 0 saturated carbocycles. The molecule has 0 unspecified atom stereocenters. The molecular weight excluding hydrogens is 325 g/mol. The topological polar surface area (TPSA) is 77.4 Å². The molecule has 0 saturated heterocycles. The van der Waals surface area contributed by atoms with Gasteiger partial charge in [0.1, 0.15) is 16.6 Å². The number of aromatic nitrogens is 1. The molecule has 0 spiro atoms. The van der Waals surface area contributed by atoms with Crippen molar-refractivity contribution in [1.82, 2.24) is 9.29 Å². The first-order valence-corrected chi connectivity index (χ1v) is 7.82. The normalized spacial score (nSPS) is 14.0. The highest BCUT2D eigenvalue weighted by molar-refractivity contribution is 7.89. The second kappa shape index (κ2) is 6.29. The largest absolute Gasteiger partial charge is 0.461 e. The van der Waals surface area contributed by atoms with Gasteiger partial charge in [0.05, 0.1) is 6.61 Å². The lowest BCUT2D eigenvalue weighted by Crippen LogP contribution is -2.43. The van der Waals surface area contributed by atoms with E-state index >= 15 is 0 Å². The van der Waals surface area contributed by atoms with E-state index in [0.29, 0.717) is 6.92 Å². The minimum Gasteiger partial charge on any atom is -0.461 e. The zero-order valence-electron chi connectivity index (χ0n) is 12.5. The van der Waals surface area contributed by atoms with Crippen LogP contribution in [0.2, 0.25) is 0 Å². The van der Waals surface area contributed by atoms with Crippen molar-refractivity contribution in [3.63, 3.8) is 0 Å². The Hall–Kier alpha value is -1.55. The number of carbonyl (C=O) groups is 1. The molecule has 0 aliphatic carbocycles. The average Bonchev–Trinajstić information content (AvgIpc) is 2.65. The van der Waals surface area contributed by atoms with Crippen LogP contribution in [0.3, 0.4) is 0 Å². The smallest absolute Gasteiger partial charge is 0.404 e. The van der Waals surface area contributed by atoms with Crippen molar-refractivity contribution in [2.45, 2.75) is 37.9 Å². The Kier molecular flexibility index (Phi) is 5.29. The summed E-state index contributed by atoms with van der Waals surface area (Å²) in [6.45, 7) is 3.75. The fourth-order valence-electron chi connectivity index (χ4n) is 1.71. The maximum Gasteiger partial charge on any atom is 0.404 e. The van der Waals surface area contributed by atoms with E-state index in [9.17, 15) is 26.4 Å². The number of nitrogens with zero attached hydrogens (tertiary/aromatic N) is 1. The molecule has 10 heteroatoms. The number of carbonyl (C=O) groups excluding carboxylic acids is 1. The number of nitrogens with one attached hydrogen (secondary N) is 1. The van der Waals surface area contributed by atoms with E-state index in [-0.39, 0.29) is 18.0 Å². The van der Waals surface area contributed by atoms with Crippen LogP contribution in [0.5, 0.6) is 0 Å². The predicted molar refractivity (Wildman–Crippen MR) is 71.9 cm³/mol. The predicted octanol–water partition coefficient (Wildman–Crippen LogP) is 1.74. The van der Waals surface area contributed by atoms with E-state index in [4.69, 9.17) is 4.74 Å². The van der Waals surface area contributed by atoms with Crippen LogP contribution in [0.15, 0.2) is 11.0 Å². The number of esters is 1. The lowest BCUT2D eigenvalue weighted by Gasteiger charge is -2.17. The molecule has 1 N–H and O–H groups in total. The second-order valence-corrected chi connectivity index (χ2v) is 6.33. The standard InChI is InChI=1S/C12H17F3N2O4S/c1-5-21-11(18)9-6-10(7(2)17(9)4)22(19,20)16-8(3)12(13,14)15/h6,8,16H,5H2,1-4H3/t8-/m1/s1. The van der Waals surface area contributed by atoms with Crippen LogP contribution in [0.25, 0.3) is 0 Å². The molecule has 1 rings (SSSR count). The highest BCUT2D eigenvalue weighted by atomic mass is 32.2. The third-order valence-electron chi connectivity index (χ3n) is 3.09. The van der Waals surface area contributed by atoms with Gasteiger partial charge in [-0.3, -0.25) is 0 Å².